The Balaban J connectivity index is 2.69. The summed E-state index contributed by atoms with van der Waals surface area (Å²) in [6.45, 7) is 0.593. The van der Waals surface area contributed by atoms with Crippen molar-refractivity contribution in [2.75, 3.05) is 6.54 Å². The molecule has 0 bridgehead atoms. The molecule has 1 aromatic rings. The van der Waals surface area contributed by atoms with Crippen LogP contribution in [0.3, 0.4) is 0 Å². The van der Waals surface area contributed by atoms with Gasteiger partial charge in [-0.3, -0.25) is 0 Å². The zero-order valence-electron chi connectivity index (χ0n) is 6.64. The van der Waals surface area contributed by atoms with Gasteiger partial charge in [-0.05, 0) is 12.1 Å². The zero-order valence-corrected chi connectivity index (χ0v) is 6.64. The Morgan fingerprint density at radius 3 is 3.08 bits per heavy atom. The zero-order chi connectivity index (χ0) is 8.97. The summed E-state index contributed by atoms with van der Waals surface area (Å²) in [6, 6.07) is 5.48. The number of aliphatic hydroxyl groups is 1. The van der Waals surface area contributed by atoms with E-state index in [-0.39, 0.29) is 6.54 Å². The van der Waals surface area contributed by atoms with Crippen molar-refractivity contribution in [3.05, 3.63) is 24.0 Å². The molecule has 1 heterocycles. The number of nitrogens with zero attached hydrogens (tertiary/aromatic N) is 2. The first-order valence-corrected chi connectivity index (χ1v) is 3.71. The molecule has 0 aliphatic heterocycles. The highest BCUT2D eigenvalue weighted by Crippen LogP contribution is 2.01. The highest BCUT2D eigenvalue weighted by Gasteiger charge is 2.04. The lowest BCUT2D eigenvalue weighted by Gasteiger charge is -2.09. The van der Waals surface area contributed by atoms with Crippen LogP contribution < -0.4 is 5.73 Å². The van der Waals surface area contributed by atoms with E-state index in [4.69, 9.17) is 11.0 Å². The Morgan fingerprint density at radius 1 is 1.75 bits per heavy atom. The van der Waals surface area contributed by atoms with Gasteiger partial charge in [-0.1, -0.05) is 0 Å². The summed E-state index contributed by atoms with van der Waals surface area (Å²) in [5.74, 6) is 0. The van der Waals surface area contributed by atoms with E-state index in [2.05, 4.69) is 0 Å². The average molecular weight is 165 g/mol. The summed E-state index contributed by atoms with van der Waals surface area (Å²) in [5.41, 5.74) is 5.78. The fraction of sp³-hybridized carbons (Fsp3) is 0.375. The van der Waals surface area contributed by atoms with Crippen LogP contribution in [0.1, 0.15) is 5.69 Å². The minimum atomic E-state index is -0.579. The van der Waals surface area contributed by atoms with E-state index in [9.17, 15) is 5.11 Å². The number of nitrogens with two attached hydrogens (primary N) is 1. The fourth-order valence-electron chi connectivity index (χ4n) is 0.976. The molecule has 0 aliphatic rings. The van der Waals surface area contributed by atoms with E-state index in [0.29, 0.717) is 12.2 Å². The summed E-state index contributed by atoms with van der Waals surface area (Å²) in [5, 5.41) is 17.8. The Morgan fingerprint density at radius 2 is 2.50 bits per heavy atom. The molecule has 4 nitrogen and oxygen atoms in total. The predicted octanol–water partition coefficient (Wildman–Crippen LogP) is -0.321. The van der Waals surface area contributed by atoms with Crippen LogP contribution in [0.2, 0.25) is 0 Å². The molecule has 0 fully saturated rings. The standard InChI is InChI=1S/C8H11N3O/c9-4-7-2-1-3-11(7)6-8(12)5-10/h1-3,8,12H,5-6,10H2. The van der Waals surface area contributed by atoms with E-state index < -0.39 is 6.10 Å². The SMILES string of the molecule is N#Cc1cccn1CC(O)CN. The lowest BCUT2D eigenvalue weighted by Crippen LogP contribution is -2.25. The summed E-state index contributed by atoms with van der Waals surface area (Å²) in [6.07, 6.45) is 1.17. The minimum Gasteiger partial charge on any atom is -0.390 e. The van der Waals surface area contributed by atoms with Gasteiger partial charge in [0.1, 0.15) is 11.8 Å². The van der Waals surface area contributed by atoms with Crippen LogP contribution in [0, 0.1) is 11.3 Å². The Hall–Kier alpha value is -1.31. The maximum absolute atomic E-state index is 9.19. The Labute approximate surface area is 70.8 Å². The summed E-state index contributed by atoms with van der Waals surface area (Å²) in [4.78, 5) is 0. The number of hydrogen-bond acceptors (Lipinski definition) is 3. The predicted molar refractivity (Wildman–Crippen MR) is 44.2 cm³/mol. The van der Waals surface area contributed by atoms with Crippen molar-refractivity contribution in [2.24, 2.45) is 5.73 Å². The summed E-state index contributed by atoms with van der Waals surface area (Å²) < 4.78 is 1.68. The molecule has 0 spiro atoms. The number of hydrogen-bond donors (Lipinski definition) is 2. The molecule has 1 unspecified atom stereocenters. The summed E-state index contributed by atoms with van der Waals surface area (Å²) in [7, 11) is 0. The van der Waals surface area contributed by atoms with Crippen molar-refractivity contribution in [3.8, 4) is 6.07 Å². The van der Waals surface area contributed by atoms with Crippen LogP contribution in [0.4, 0.5) is 0 Å². The van der Waals surface area contributed by atoms with Crippen LogP contribution in [0.5, 0.6) is 0 Å². The highest BCUT2D eigenvalue weighted by molar-refractivity contribution is 5.21. The van der Waals surface area contributed by atoms with Gasteiger partial charge in [0.15, 0.2) is 0 Å². The molecule has 1 atom stereocenters. The maximum atomic E-state index is 9.19. The van der Waals surface area contributed by atoms with E-state index in [0.717, 1.165) is 0 Å². The molecular formula is C8H11N3O. The molecule has 0 aromatic carbocycles. The number of aliphatic hydroxyl groups excluding tert-OH is 1. The van der Waals surface area contributed by atoms with Gasteiger partial charge in [-0.2, -0.15) is 5.26 Å². The van der Waals surface area contributed by atoms with Crippen molar-refractivity contribution in [3.63, 3.8) is 0 Å². The average Bonchev–Trinajstić information content (AvgIpc) is 2.51. The molecule has 12 heavy (non-hydrogen) atoms. The van der Waals surface area contributed by atoms with Gasteiger partial charge in [-0.25, -0.2) is 0 Å². The van der Waals surface area contributed by atoms with Gasteiger partial charge in [-0.15, -0.1) is 0 Å². The van der Waals surface area contributed by atoms with Crippen molar-refractivity contribution in [2.45, 2.75) is 12.6 Å². The molecule has 64 valence electrons. The van der Waals surface area contributed by atoms with Crippen molar-refractivity contribution in [1.29, 1.82) is 5.26 Å². The lowest BCUT2D eigenvalue weighted by atomic mass is 10.3. The van der Waals surface area contributed by atoms with Gasteiger partial charge in [0.05, 0.1) is 12.6 Å². The molecular weight excluding hydrogens is 154 g/mol. The molecule has 0 amide bonds. The number of nitriles is 1. The fourth-order valence-corrected chi connectivity index (χ4v) is 0.976. The second-order valence-corrected chi connectivity index (χ2v) is 2.55. The van der Waals surface area contributed by atoms with E-state index in [1.54, 1.807) is 22.9 Å². The molecule has 0 aliphatic carbocycles. The monoisotopic (exact) mass is 165 g/mol. The quantitative estimate of drug-likeness (QED) is 0.644. The second-order valence-electron chi connectivity index (χ2n) is 2.55. The first kappa shape index (κ1) is 8.78. The topological polar surface area (TPSA) is 75.0 Å². The third-order valence-electron chi connectivity index (χ3n) is 1.62. The van der Waals surface area contributed by atoms with Gasteiger partial charge >= 0.3 is 0 Å². The van der Waals surface area contributed by atoms with Crippen LogP contribution in [-0.2, 0) is 6.54 Å². The minimum absolute atomic E-state index is 0.211. The molecule has 1 aromatic heterocycles. The van der Waals surface area contributed by atoms with Crippen molar-refractivity contribution in [1.82, 2.24) is 4.57 Å². The summed E-state index contributed by atoms with van der Waals surface area (Å²) >= 11 is 0. The Bertz CT molecular complexity index is 287. The van der Waals surface area contributed by atoms with E-state index in [1.807, 2.05) is 6.07 Å². The van der Waals surface area contributed by atoms with Crippen LogP contribution >= 0.6 is 0 Å². The number of rotatable bonds is 3. The van der Waals surface area contributed by atoms with Crippen LogP contribution in [-0.4, -0.2) is 22.3 Å². The molecule has 3 N–H and O–H groups in total. The van der Waals surface area contributed by atoms with Crippen LogP contribution in [0.25, 0.3) is 0 Å². The normalized spacial score (nSPS) is 12.4. The largest absolute Gasteiger partial charge is 0.390 e. The maximum Gasteiger partial charge on any atom is 0.120 e. The van der Waals surface area contributed by atoms with Crippen molar-refractivity contribution < 1.29 is 5.11 Å². The molecule has 0 saturated heterocycles. The Kier molecular flexibility index (Phi) is 2.86. The van der Waals surface area contributed by atoms with Gasteiger partial charge in [0.2, 0.25) is 0 Å². The van der Waals surface area contributed by atoms with Crippen LogP contribution in [0.15, 0.2) is 18.3 Å². The lowest BCUT2D eigenvalue weighted by molar-refractivity contribution is 0.162. The molecule has 1 rings (SSSR count). The van der Waals surface area contributed by atoms with Crippen molar-refractivity contribution >= 4 is 0 Å². The molecule has 0 radical (unpaired) electrons. The van der Waals surface area contributed by atoms with Gasteiger partial charge in [0, 0.05) is 12.7 Å². The second kappa shape index (κ2) is 3.90. The molecule has 4 heteroatoms. The first-order chi connectivity index (χ1) is 5.77. The highest BCUT2D eigenvalue weighted by atomic mass is 16.3. The van der Waals surface area contributed by atoms with E-state index in [1.165, 1.54) is 0 Å². The third-order valence-corrected chi connectivity index (χ3v) is 1.62. The van der Waals surface area contributed by atoms with Gasteiger partial charge < -0.3 is 15.4 Å². The molecule has 0 saturated carbocycles. The third kappa shape index (κ3) is 1.84. The first-order valence-electron chi connectivity index (χ1n) is 3.71. The van der Waals surface area contributed by atoms with E-state index >= 15 is 0 Å². The van der Waals surface area contributed by atoms with Gasteiger partial charge in [0.25, 0.3) is 0 Å². The smallest absolute Gasteiger partial charge is 0.120 e. The number of aromatic nitrogens is 1.